The Hall–Kier alpha value is -1.94. The maximum atomic E-state index is 14.1. The minimum atomic E-state index is -3.42. The van der Waals surface area contributed by atoms with Crippen LogP contribution in [0.1, 0.15) is 56.2 Å². The van der Waals surface area contributed by atoms with Crippen molar-refractivity contribution < 1.29 is 13.4 Å². The third-order valence-corrected chi connectivity index (χ3v) is 6.00. The zero-order valence-corrected chi connectivity index (χ0v) is 20.7. The van der Waals surface area contributed by atoms with E-state index in [-0.39, 0.29) is 36.0 Å². The van der Waals surface area contributed by atoms with Crippen LogP contribution in [0.5, 0.6) is 0 Å². The van der Waals surface area contributed by atoms with Gasteiger partial charge in [0, 0.05) is 12.2 Å². The summed E-state index contributed by atoms with van der Waals surface area (Å²) in [6, 6.07) is 8.83. The van der Waals surface area contributed by atoms with Gasteiger partial charge < -0.3 is 10.2 Å². The molecule has 2 rings (SSSR count). The van der Waals surface area contributed by atoms with Gasteiger partial charge in [-0.2, -0.15) is 13.5 Å². The number of carbonyl (C=O) groups is 1. The van der Waals surface area contributed by atoms with Gasteiger partial charge in [-0.25, -0.2) is 18.5 Å². The molecular weight excluding hydrogens is 435 g/mol. The quantitative estimate of drug-likeness (QED) is 0.612. The van der Waals surface area contributed by atoms with Gasteiger partial charge in [0.2, 0.25) is 0 Å². The monoisotopic (exact) mass is 468 g/mol. The number of nitrogens with one attached hydrogen (secondary N) is 1. The molecule has 172 valence electrons. The second-order valence-corrected chi connectivity index (χ2v) is 10.0. The largest absolute Gasteiger partial charge is 0.354 e. The summed E-state index contributed by atoms with van der Waals surface area (Å²) < 4.78 is 30.7. The summed E-state index contributed by atoms with van der Waals surface area (Å²) in [5.41, 5.74) is 2.82. The number of hydrogen-bond donors (Lipinski definition) is 2. The average Bonchev–Trinajstić information content (AvgIpc) is 2.61. The summed E-state index contributed by atoms with van der Waals surface area (Å²) in [7, 11) is 0.477. The normalized spacial score (nSPS) is 13.1. The minimum absolute atomic E-state index is 0. The smallest absolute Gasteiger partial charge is 0.305 e. The molecule has 0 saturated heterocycles. The van der Waals surface area contributed by atoms with Crippen LogP contribution >= 0.6 is 13.5 Å². The van der Waals surface area contributed by atoms with Crippen LogP contribution < -0.4 is 10.5 Å². The molecule has 31 heavy (non-hydrogen) atoms. The van der Waals surface area contributed by atoms with Gasteiger partial charge in [-0.1, -0.05) is 39.8 Å². The van der Waals surface area contributed by atoms with E-state index in [1.54, 1.807) is 12.1 Å². The number of nitrogens with zero attached hydrogens (tertiary/aromatic N) is 2. The lowest BCUT2D eigenvalue weighted by molar-refractivity contribution is 0.260. The highest BCUT2D eigenvalue weighted by molar-refractivity contribution is 7.91. The van der Waals surface area contributed by atoms with Crippen molar-refractivity contribution in [2.75, 3.05) is 19.4 Å². The molecule has 2 amide bonds. The van der Waals surface area contributed by atoms with Gasteiger partial charge in [-0.05, 0) is 66.9 Å². The molecule has 0 fully saturated rings. The van der Waals surface area contributed by atoms with E-state index in [9.17, 15) is 13.4 Å². The molecule has 0 aromatic heterocycles. The minimum Gasteiger partial charge on any atom is -0.305 e. The fourth-order valence-corrected chi connectivity index (χ4v) is 4.09. The van der Waals surface area contributed by atoms with Crippen LogP contribution in [0.4, 0.5) is 14.9 Å². The fraction of sp³-hybridized carbons (Fsp3) is 0.409. The Labute approximate surface area is 192 Å². The lowest BCUT2D eigenvalue weighted by Crippen LogP contribution is -2.19. The van der Waals surface area contributed by atoms with Crippen molar-refractivity contribution in [1.82, 2.24) is 4.90 Å². The molecule has 1 atom stereocenters. The molecule has 0 saturated carbocycles. The number of nitrogens with two attached hydrogens (primary N) is 1. The number of benzene rings is 2. The van der Waals surface area contributed by atoms with E-state index >= 15 is 0 Å². The molecule has 0 aliphatic heterocycles. The first-order valence-electron chi connectivity index (χ1n) is 9.83. The van der Waals surface area contributed by atoms with Gasteiger partial charge in [0.15, 0.2) is 0 Å². The maximum Gasteiger partial charge on any atom is 0.354 e. The van der Waals surface area contributed by atoms with Crippen LogP contribution in [0.3, 0.4) is 0 Å². The van der Waals surface area contributed by atoms with Crippen LogP contribution in [-0.4, -0.2) is 29.2 Å². The standard InChI is InChI=1S/C22H31FN4O2S.H2S/c1-14(2)19-11-17(23)12-20(15(3)4)21(19)25-22(28)26-30(24,29)18-9-7-16(8-10-18)13-27(5)6;/h7-12,14-15H,13H2,1-6H3,(H3,24,25,26,28,29);1H2. The molecule has 1 unspecified atom stereocenters. The molecule has 2 aromatic rings. The summed E-state index contributed by atoms with van der Waals surface area (Å²) in [5, 5.41) is 8.59. The Morgan fingerprint density at radius 2 is 1.58 bits per heavy atom. The highest BCUT2D eigenvalue weighted by Gasteiger charge is 2.19. The van der Waals surface area contributed by atoms with Crippen molar-refractivity contribution in [3.05, 3.63) is 58.9 Å². The van der Waals surface area contributed by atoms with E-state index in [2.05, 4.69) is 9.68 Å². The fourth-order valence-electron chi connectivity index (χ4n) is 3.17. The third-order valence-electron chi connectivity index (χ3n) is 4.62. The van der Waals surface area contributed by atoms with Gasteiger partial charge in [0.25, 0.3) is 0 Å². The number of rotatable bonds is 6. The molecule has 0 bridgehead atoms. The molecule has 0 heterocycles. The lowest BCUT2D eigenvalue weighted by atomic mass is 9.92. The zero-order valence-electron chi connectivity index (χ0n) is 18.9. The topological polar surface area (TPSA) is 87.8 Å². The van der Waals surface area contributed by atoms with Crippen LogP contribution in [0.25, 0.3) is 0 Å². The molecule has 0 aliphatic rings. The van der Waals surface area contributed by atoms with E-state index in [4.69, 9.17) is 5.14 Å². The predicted octanol–water partition coefficient (Wildman–Crippen LogP) is 5.18. The summed E-state index contributed by atoms with van der Waals surface area (Å²) in [4.78, 5) is 14.9. The van der Waals surface area contributed by atoms with Gasteiger partial charge in [0.1, 0.15) is 15.7 Å². The van der Waals surface area contributed by atoms with Crippen molar-refractivity contribution in [2.45, 2.75) is 51.0 Å². The second-order valence-electron chi connectivity index (χ2n) is 8.24. The highest BCUT2D eigenvalue weighted by atomic mass is 32.2. The van der Waals surface area contributed by atoms with Gasteiger partial charge >= 0.3 is 6.03 Å². The van der Waals surface area contributed by atoms with Crippen molar-refractivity contribution in [3.63, 3.8) is 0 Å². The molecular formula is C22H33FN4O2S2. The number of urea groups is 1. The molecule has 9 heteroatoms. The van der Waals surface area contributed by atoms with Gasteiger partial charge in [-0.15, -0.1) is 4.36 Å². The van der Waals surface area contributed by atoms with E-state index in [0.717, 1.165) is 12.1 Å². The second kappa shape index (κ2) is 11.1. The average molecular weight is 469 g/mol. The van der Waals surface area contributed by atoms with Crippen LogP contribution in [0.15, 0.2) is 45.7 Å². The van der Waals surface area contributed by atoms with Crippen LogP contribution in [-0.2, 0) is 16.5 Å². The lowest BCUT2D eigenvalue weighted by Gasteiger charge is -2.20. The van der Waals surface area contributed by atoms with E-state index < -0.39 is 15.9 Å². The first-order chi connectivity index (χ1) is 13.9. The number of anilines is 1. The SMILES string of the molecule is CC(C)c1cc(F)cc(C(C)C)c1NC(=O)N=S(N)(=O)c1ccc(CN(C)C)cc1.S. The predicted molar refractivity (Wildman–Crippen MR) is 131 cm³/mol. The number of amides is 2. The molecule has 3 N–H and O–H groups in total. The van der Waals surface area contributed by atoms with E-state index in [0.29, 0.717) is 16.8 Å². The van der Waals surface area contributed by atoms with Gasteiger partial charge in [0.05, 0.1) is 4.90 Å². The number of halogens is 1. The first kappa shape index (κ1) is 27.1. The van der Waals surface area contributed by atoms with Crippen molar-refractivity contribution >= 4 is 35.1 Å². The Bertz CT molecular complexity index is 999. The summed E-state index contributed by atoms with van der Waals surface area (Å²) in [6.07, 6.45) is 0. The molecule has 0 spiro atoms. The van der Waals surface area contributed by atoms with E-state index in [1.807, 2.05) is 58.8 Å². The van der Waals surface area contributed by atoms with Crippen LogP contribution in [0.2, 0.25) is 0 Å². The van der Waals surface area contributed by atoms with Crippen molar-refractivity contribution in [3.8, 4) is 0 Å². The van der Waals surface area contributed by atoms with Crippen LogP contribution in [0, 0.1) is 5.82 Å². The number of carbonyl (C=O) groups excluding carboxylic acids is 1. The molecule has 0 radical (unpaired) electrons. The Morgan fingerprint density at radius 3 is 2.00 bits per heavy atom. The summed E-state index contributed by atoms with van der Waals surface area (Å²) in [5.74, 6) is -0.419. The van der Waals surface area contributed by atoms with Crippen molar-refractivity contribution in [2.24, 2.45) is 9.50 Å². The molecule has 0 aliphatic carbocycles. The summed E-state index contributed by atoms with van der Waals surface area (Å²) >= 11 is 0. The summed E-state index contributed by atoms with van der Waals surface area (Å²) in [6.45, 7) is 8.37. The van der Waals surface area contributed by atoms with Crippen molar-refractivity contribution in [1.29, 1.82) is 0 Å². The highest BCUT2D eigenvalue weighted by Crippen LogP contribution is 2.33. The Balaban J connectivity index is 0.00000480. The number of hydrogen-bond acceptors (Lipinski definition) is 3. The first-order valence-corrected chi connectivity index (χ1v) is 11.4. The Kier molecular flexibility index (Phi) is 9.69. The zero-order chi connectivity index (χ0) is 22.6. The Morgan fingerprint density at radius 1 is 1.10 bits per heavy atom. The third kappa shape index (κ3) is 7.31. The molecule has 2 aromatic carbocycles. The maximum absolute atomic E-state index is 14.1. The van der Waals surface area contributed by atoms with E-state index in [1.165, 1.54) is 12.1 Å². The van der Waals surface area contributed by atoms with Gasteiger partial charge in [-0.3, -0.25) is 0 Å². The molecule has 6 nitrogen and oxygen atoms in total.